The Morgan fingerprint density at radius 3 is 2.18 bits per heavy atom. The van der Waals surface area contributed by atoms with E-state index in [9.17, 15) is 43.8 Å². The van der Waals surface area contributed by atoms with Crippen LogP contribution in [0.15, 0.2) is 24.3 Å². The van der Waals surface area contributed by atoms with Crippen molar-refractivity contribution < 1.29 is 43.8 Å². The second-order valence-electron chi connectivity index (χ2n) is 10.8. The van der Waals surface area contributed by atoms with Gasteiger partial charge in [-0.05, 0) is 42.9 Å². The molecule has 1 saturated heterocycles. The van der Waals surface area contributed by atoms with E-state index >= 15 is 0 Å². The molecule has 0 saturated carbocycles. The molecule has 16 nitrogen and oxygen atoms in total. The van der Waals surface area contributed by atoms with Gasteiger partial charge in [0.2, 0.25) is 35.4 Å². The molecule has 1 aromatic rings. The number of amides is 6. The van der Waals surface area contributed by atoms with Crippen LogP contribution in [0.3, 0.4) is 0 Å². The van der Waals surface area contributed by atoms with Gasteiger partial charge < -0.3 is 47.8 Å². The van der Waals surface area contributed by atoms with Crippen LogP contribution >= 0.6 is 0 Å². The number of carboxylic acid groups (broad SMARTS) is 1. The maximum atomic E-state index is 13.5. The normalized spacial score (nSPS) is 16.4. The molecular formula is C28H41N7O9. The van der Waals surface area contributed by atoms with E-state index in [0.29, 0.717) is 18.4 Å². The van der Waals surface area contributed by atoms with Crippen LogP contribution < -0.4 is 32.7 Å². The predicted octanol–water partition coefficient (Wildman–Crippen LogP) is -2.54. The minimum absolute atomic E-state index is 0.0303. The molecule has 1 fully saturated rings. The van der Waals surface area contributed by atoms with Gasteiger partial charge in [0.25, 0.3) is 0 Å². The first-order chi connectivity index (χ1) is 20.7. The van der Waals surface area contributed by atoms with E-state index in [-0.39, 0.29) is 38.1 Å². The molecular weight excluding hydrogens is 578 g/mol. The Kier molecular flexibility index (Phi) is 13.5. The number of aliphatic carboxylic acids is 1. The van der Waals surface area contributed by atoms with Crippen molar-refractivity contribution in [2.45, 2.75) is 70.1 Å². The molecule has 16 heteroatoms. The van der Waals surface area contributed by atoms with Crippen molar-refractivity contribution in [2.24, 2.45) is 17.4 Å². The number of carbonyl (C=O) groups excluding carboxylic acids is 6. The highest BCUT2D eigenvalue weighted by Gasteiger charge is 2.38. The average Bonchev–Trinajstić information content (AvgIpc) is 3.46. The number of hydrogen-bond acceptors (Lipinski definition) is 9. The van der Waals surface area contributed by atoms with Gasteiger partial charge in [-0.3, -0.25) is 28.8 Å². The van der Waals surface area contributed by atoms with Crippen LogP contribution in [-0.4, -0.2) is 100 Å². The third-order valence-electron chi connectivity index (χ3n) is 7.02. The van der Waals surface area contributed by atoms with E-state index in [4.69, 9.17) is 11.5 Å². The lowest BCUT2D eigenvalue weighted by Crippen LogP contribution is -2.56. The highest BCUT2D eigenvalue weighted by molar-refractivity contribution is 5.95. The van der Waals surface area contributed by atoms with Crippen molar-refractivity contribution in [1.29, 1.82) is 0 Å². The third-order valence-corrected chi connectivity index (χ3v) is 7.02. The zero-order chi connectivity index (χ0) is 33.0. The molecule has 0 bridgehead atoms. The summed E-state index contributed by atoms with van der Waals surface area (Å²) < 4.78 is 0. The molecule has 44 heavy (non-hydrogen) atoms. The number of benzene rings is 1. The lowest BCUT2D eigenvalue weighted by Gasteiger charge is -2.29. The first kappa shape index (κ1) is 35.5. The number of likely N-dealkylation sites (tertiary alicyclic amines) is 1. The molecule has 0 spiro atoms. The van der Waals surface area contributed by atoms with E-state index in [0.717, 1.165) is 0 Å². The van der Waals surface area contributed by atoms with Crippen molar-refractivity contribution in [3.63, 3.8) is 0 Å². The number of hydrogen-bond donors (Lipinski definition) is 8. The lowest BCUT2D eigenvalue weighted by molar-refractivity contribution is -0.143. The zero-order valence-corrected chi connectivity index (χ0v) is 24.7. The van der Waals surface area contributed by atoms with Gasteiger partial charge in [-0.15, -0.1) is 0 Å². The van der Waals surface area contributed by atoms with E-state index in [1.807, 2.05) is 0 Å². The highest BCUT2D eigenvalue weighted by Crippen LogP contribution is 2.20. The quantitative estimate of drug-likeness (QED) is 0.0961. The minimum atomic E-state index is -1.30. The summed E-state index contributed by atoms with van der Waals surface area (Å²) in [5.41, 5.74) is 11.2. The molecule has 2 rings (SSSR count). The Bertz CT molecular complexity index is 1220. The lowest BCUT2D eigenvalue weighted by atomic mass is 10.0. The third kappa shape index (κ3) is 10.8. The number of phenols is 1. The standard InChI is InChI=1S/C28H41N7O9/c1-15(2)24(28(43)44)34-25(40)18(9-10-21(30)37)32-23(39)14-31-26(41)20-4-3-11-35(20)27(42)19(33-22(38)13-29)12-16-5-7-17(36)8-6-16/h5-8,15,18-20,24,36H,3-4,9-14,29H2,1-2H3,(H2,30,37)(H,31,41)(H,32,39)(H,33,38)(H,34,40)(H,43,44)/t18-,19+,20+,24-/m0/s1. The van der Waals surface area contributed by atoms with Crippen molar-refractivity contribution in [3.8, 4) is 5.75 Å². The van der Waals surface area contributed by atoms with Crippen LogP contribution in [0.5, 0.6) is 5.75 Å². The largest absolute Gasteiger partial charge is 0.508 e. The molecule has 0 radical (unpaired) electrons. The highest BCUT2D eigenvalue weighted by atomic mass is 16.4. The fourth-order valence-electron chi connectivity index (χ4n) is 4.68. The predicted molar refractivity (Wildman–Crippen MR) is 155 cm³/mol. The number of aromatic hydroxyl groups is 1. The number of nitrogens with one attached hydrogen (secondary N) is 4. The molecule has 1 aromatic carbocycles. The summed E-state index contributed by atoms with van der Waals surface area (Å²) in [5, 5.41) is 28.7. The van der Waals surface area contributed by atoms with Gasteiger partial charge in [0.05, 0.1) is 13.1 Å². The van der Waals surface area contributed by atoms with Crippen LogP contribution in [0.4, 0.5) is 0 Å². The minimum Gasteiger partial charge on any atom is -0.508 e. The fraction of sp³-hybridized carbons (Fsp3) is 0.536. The molecule has 1 aliphatic heterocycles. The van der Waals surface area contributed by atoms with Crippen molar-refractivity contribution in [3.05, 3.63) is 29.8 Å². The smallest absolute Gasteiger partial charge is 0.326 e. The maximum Gasteiger partial charge on any atom is 0.326 e. The first-order valence-corrected chi connectivity index (χ1v) is 14.2. The molecule has 10 N–H and O–H groups in total. The molecule has 4 atom stereocenters. The van der Waals surface area contributed by atoms with Crippen molar-refractivity contribution in [2.75, 3.05) is 19.6 Å². The number of carboxylic acids is 1. The second-order valence-corrected chi connectivity index (χ2v) is 10.8. The Hall–Kier alpha value is -4.73. The molecule has 1 aliphatic rings. The number of nitrogens with zero attached hydrogens (tertiary/aromatic N) is 1. The molecule has 6 amide bonds. The number of rotatable bonds is 16. The molecule has 1 heterocycles. The zero-order valence-electron chi connectivity index (χ0n) is 24.7. The van der Waals surface area contributed by atoms with E-state index in [2.05, 4.69) is 21.3 Å². The Morgan fingerprint density at radius 1 is 0.977 bits per heavy atom. The van der Waals surface area contributed by atoms with E-state index < -0.39 is 78.0 Å². The van der Waals surface area contributed by atoms with Gasteiger partial charge in [0, 0.05) is 19.4 Å². The van der Waals surface area contributed by atoms with Crippen LogP contribution in [0, 0.1) is 5.92 Å². The van der Waals surface area contributed by atoms with Crippen LogP contribution in [0.2, 0.25) is 0 Å². The van der Waals surface area contributed by atoms with E-state index in [1.54, 1.807) is 26.0 Å². The van der Waals surface area contributed by atoms with Crippen LogP contribution in [0.1, 0.15) is 45.1 Å². The van der Waals surface area contributed by atoms with Gasteiger partial charge >= 0.3 is 5.97 Å². The summed E-state index contributed by atoms with van der Waals surface area (Å²) in [7, 11) is 0. The number of nitrogens with two attached hydrogens (primary N) is 2. The van der Waals surface area contributed by atoms with E-state index in [1.165, 1.54) is 17.0 Å². The van der Waals surface area contributed by atoms with Crippen molar-refractivity contribution >= 4 is 41.4 Å². The number of carbonyl (C=O) groups is 7. The van der Waals surface area contributed by atoms with Crippen molar-refractivity contribution in [1.82, 2.24) is 26.2 Å². The number of primary amides is 1. The first-order valence-electron chi connectivity index (χ1n) is 14.2. The van der Waals surface area contributed by atoms with Gasteiger partial charge in [0.15, 0.2) is 0 Å². The second kappa shape index (κ2) is 16.8. The summed E-state index contributed by atoms with van der Waals surface area (Å²) in [6.07, 6.45) is 0.392. The molecule has 0 aliphatic carbocycles. The Balaban J connectivity index is 2.07. The average molecular weight is 620 g/mol. The summed E-state index contributed by atoms with van der Waals surface area (Å²) in [6.45, 7) is 2.47. The maximum absolute atomic E-state index is 13.5. The topological polar surface area (TPSA) is 263 Å². The van der Waals surface area contributed by atoms with Crippen LogP contribution in [-0.2, 0) is 40.0 Å². The SMILES string of the molecule is CC(C)[C@H](NC(=O)[C@H](CCC(N)=O)NC(=O)CNC(=O)[C@H]1CCCN1C(=O)[C@@H](Cc1ccc(O)cc1)NC(=O)CN)C(=O)O. The summed E-state index contributed by atoms with van der Waals surface area (Å²) in [6, 6.07) is 1.54. The summed E-state index contributed by atoms with van der Waals surface area (Å²) >= 11 is 0. The fourth-order valence-corrected chi connectivity index (χ4v) is 4.68. The van der Waals surface area contributed by atoms with Gasteiger partial charge in [0.1, 0.15) is 29.9 Å². The molecule has 0 aromatic heterocycles. The molecule has 0 unspecified atom stereocenters. The monoisotopic (exact) mass is 619 g/mol. The summed E-state index contributed by atoms with van der Waals surface area (Å²) in [5.74, 6) is -5.81. The van der Waals surface area contributed by atoms with Gasteiger partial charge in [-0.25, -0.2) is 4.79 Å². The van der Waals surface area contributed by atoms with Gasteiger partial charge in [-0.2, -0.15) is 0 Å². The molecule has 242 valence electrons. The van der Waals surface area contributed by atoms with Crippen LogP contribution in [0.25, 0.3) is 0 Å². The van der Waals surface area contributed by atoms with Gasteiger partial charge in [-0.1, -0.05) is 26.0 Å². The summed E-state index contributed by atoms with van der Waals surface area (Å²) in [4.78, 5) is 88.2. The Labute approximate surface area is 254 Å². The number of phenolic OH excluding ortho intramolecular Hbond substituents is 1. The Morgan fingerprint density at radius 2 is 1.61 bits per heavy atom.